The quantitative estimate of drug-likeness (QED) is 0.0427. The monoisotopic (exact) mass is 674 g/mol. The number of rotatable bonds is 19. The molecule has 2 N–H and O–H groups in total. The van der Waals surface area contributed by atoms with Gasteiger partial charge in [0.1, 0.15) is 0 Å². The highest BCUT2D eigenvalue weighted by molar-refractivity contribution is 5.89. The van der Waals surface area contributed by atoms with E-state index in [1.54, 1.807) is 0 Å². The smallest absolute Gasteiger partial charge is 0.346 e. The molecule has 0 radical (unpaired) electrons. The highest BCUT2D eigenvalue weighted by Gasteiger charge is 2.28. The Kier molecular flexibility index (Phi) is 14.6. The van der Waals surface area contributed by atoms with Crippen LogP contribution in [0.3, 0.4) is 0 Å². The lowest BCUT2D eigenvalue weighted by molar-refractivity contribution is -0.385. The number of carboxylic acid groups (broad SMARTS) is 1. The first kappa shape index (κ1) is 37.5. The molecule has 4 rings (SSSR count). The van der Waals surface area contributed by atoms with Crippen LogP contribution in [0.4, 0.5) is 15.8 Å². The summed E-state index contributed by atoms with van der Waals surface area (Å²) in [6.07, 6.45) is 13.7. The number of unbranched alkanes of at least 4 members (excludes halogenated alkanes) is 3. The second kappa shape index (κ2) is 19.1. The predicted molar refractivity (Wildman–Crippen MR) is 192 cm³/mol. The molecule has 49 heavy (non-hydrogen) atoms. The molecule has 3 aromatic carbocycles. The summed E-state index contributed by atoms with van der Waals surface area (Å²) in [5.74, 6) is -1.37. The van der Waals surface area contributed by atoms with Crippen molar-refractivity contribution in [2.75, 3.05) is 5.32 Å². The van der Waals surface area contributed by atoms with Gasteiger partial charge in [-0.05, 0) is 72.1 Å². The maximum atomic E-state index is 15.2. The molecular weight excluding hydrogens is 623 g/mol. The van der Waals surface area contributed by atoms with Crippen molar-refractivity contribution in [2.24, 2.45) is 11.8 Å². The summed E-state index contributed by atoms with van der Waals surface area (Å²) in [6.45, 7) is 4.16. The maximum Gasteiger partial charge on any atom is 0.346 e. The molecule has 0 bridgehead atoms. The van der Waals surface area contributed by atoms with Gasteiger partial charge in [0.2, 0.25) is 5.75 Å². The minimum absolute atomic E-state index is 0.201. The number of nitro groups is 1. The Balaban J connectivity index is 1.35. The van der Waals surface area contributed by atoms with Crippen LogP contribution in [0.1, 0.15) is 113 Å². The number of carbonyl (C=O) groups excluding carboxylic acids is 1. The molecule has 2 atom stereocenters. The number of benzene rings is 3. The average Bonchev–Trinajstić information content (AvgIpc) is 3.11. The Hall–Kier alpha value is -4.27. The fourth-order valence-electron chi connectivity index (χ4n) is 6.99. The molecule has 0 heterocycles. The maximum absolute atomic E-state index is 15.2. The average molecular weight is 675 g/mol. The zero-order valence-corrected chi connectivity index (χ0v) is 28.9. The van der Waals surface area contributed by atoms with E-state index >= 15 is 4.39 Å². The lowest BCUT2D eigenvalue weighted by atomic mass is 9.78. The number of carbonyl (C=O) groups is 2. The van der Waals surface area contributed by atoms with Crippen LogP contribution in [0, 0.1) is 22.0 Å². The Bertz CT molecular complexity index is 1520. The van der Waals surface area contributed by atoms with Crippen molar-refractivity contribution in [3.05, 3.63) is 88.0 Å². The summed E-state index contributed by atoms with van der Waals surface area (Å²) in [6, 6.07) is 18.9. The van der Waals surface area contributed by atoms with E-state index in [1.807, 2.05) is 31.2 Å². The standard InChI is InChI=1S/C40H51FN2O6/c1-3-5-7-12-28-17-19-29(20-18-28)13-10-11-16-31-25-34(22-23-35(31)30-14-8-6-9-15-30)42-33(4-2)27-36(41)40(46)49-38-24-21-32(39(44)45)26-37(38)43(47)48/h6,8-9,14-15,21-26,28-29,33,36,42H,3-5,7,10-13,16-20,27H2,1-2H3,(H,44,45)/t28?,29?,33?,36-/m1/s1. The Morgan fingerprint density at radius 3 is 2.22 bits per heavy atom. The number of carboxylic acids is 1. The van der Waals surface area contributed by atoms with E-state index in [4.69, 9.17) is 9.84 Å². The zero-order chi connectivity index (χ0) is 35.2. The number of nitrogens with one attached hydrogen (secondary N) is 1. The summed E-state index contributed by atoms with van der Waals surface area (Å²) in [4.78, 5) is 34.4. The molecule has 1 saturated carbocycles. The van der Waals surface area contributed by atoms with Crippen molar-refractivity contribution >= 4 is 23.3 Å². The van der Waals surface area contributed by atoms with Crippen molar-refractivity contribution in [3.63, 3.8) is 0 Å². The van der Waals surface area contributed by atoms with E-state index < -0.39 is 40.5 Å². The van der Waals surface area contributed by atoms with E-state index in [0.29, 0.717) is 6.42 Å². The number of nitrogens with zero attached hydrogens (tertiary/aromatic N) is 1. The van der Waals surface area contributed by atoms with Gasteiger partial charge in [-0.1, -0.05) is 114 Å². The van der Waals surface area contributed by atoms with Gasteiger partial charge in [-0.3, -0.25) is 10.1 Å². The third-order valence-electron chi connectivity index (χ3n) is 9.90. The minimum Gasteiger partial charge on any atom is -0.478 e. The number of esters is 1. The van der Waals surface area contributed by atoms with Gasteiger partial charge in [0.25, 0.3) is 0 Å². The van der Waals surface area contributed by atoms with Crippen LogP contribution in [-0.2, 0) is 11.2 Å². The first-order valence-electron chi connectivity index (χ1n) is 18.0. The van der Waals surface area contributed by atoms with Gasteiger partial charge in [0, 0.05) is 24.2 Å². The molecule has 3 aromatic rings. The SMILES string of the molecule is CCCCCC1CCC(CCCCc2cc(NC(CC)C[C@@H](F)C(=O)Oc3ccc(C(=O)O)cc3[N+](=O)[O-])ccc2-c2ccccc2)CC1. The van der Waals surface area contributed by atoms with Crippen molar-refractivity contribution in [1.29, 1.82) is 0 Å². The van der Waals surface area contributed by atoms with E-state index in [2.05, 4.69) is 36.5 Å². The second-order valence-electron chi connectivity index (χ2n) is 13.5. The molecule has 1 fully saturated rings. The third kappa shape index (κ3) is 11.4. The number of alkyl halides is 1. The van der Waals surface area contributed by atoms with Crippen molar-refractivity contribution in [1.82, 2.24) is 0 Å². The molecule has 0 saturated heterocycles. The molecule has 1 unspecified atom stereocenters. The molecule has 0 aliphatic heterocycles. The Morgan fingerprint density at radius 1 is 0.939 bits per heavy atom. The van der Waals surface area contributed by atoms with Gasteiger partial charge in [-0.25, -0.2) is 14.0 Å². The molecule has 0 amide bonds. The van der Waals surface area contributed by atoms with Crippen molar-refractivity contribution in [3.8, 4) is 16.9 Å². The molecule has 0 aromatic heterocycles. The summed E-state index contributed by atoms with van der Waals surface area (Å²) >= 11 is 0. The number of aryl methyl sites for hydroxylation is 1. The summed E-state index contributed by atoms with van der Waals surface area (Å²) in [5.41, 5.74) is 3.32. The topological polar surface area (TPSA) is 119 Å². The minimum atomic E-state index is -2.05. The summed E-state index contributed by atoms with van der Waals surface area (Å²) in [5, 5.41) is 24.0. The predicted octanol–water partition coefficient (Wildman–Crippen LogP) is 10.6. The van der Waals surface area contributed by atoms with E-state index in [9.17, 15) is 19.7 Å². The number of aromatic carboxylic acids is 1. The molecule has 8 nitrogen and oxygen atoms in total. The summed E-state index contributed by atoms with van der Waals surface area (Å²) < 4.78 is 20.2. The normalized spacial score (nSPS) is 17.2. The van der Waals surface area contributed by atoms with E-state index in [1.165, 1.54) is 75.3 Å². The van der Waals surface area contributed by atoms with Crippen LogP contribution in [0.5, 0.6) is 5.75 Å². The number of nitro benzene ring substituents is 1. The first-order chi connectivity index (χ1) is 23.7. The van der Waals surface area contributed by atoms with Crippen LogP contribution >= 0.6 is 0 Å². The van der Waals surface area contributed by atoms with Crippen LogP contribution < -0.4 is 10.1 Å². The van der Waals surface area contributed by atoms with Gasteiger partial charge in [0.05, 0.1) is 10.5 Å². The molecule has 0 spiro atoms. The summed E-state index contributed by atoms with van der Waals surface area (Å²) in [7, 11) is 0. The van der Waals surface area contributed by atoms with Gasteiger partial charge in [-0.15, -0.1) is 0 Å². The molecule has 9 heteroatoms. The number of ether oxygens (including phenoxy) is 1. The fraction of sp³-hybridized carbons (Fsp3) is 0.500. The lowest BCUT2D eigenvalue weighted by Gasteiger charge is -2.28. The van der Waals surface area contributed by atoms with Gasteiger partial charge in [0.15, 0.2) is 6.17 Å². The number of anilines is 1. The van der Waals surface area contributed by atoms with Gasteiger partial charge < -0.3 is 15.2 Å². The molecular formula is C40H51FN2O6. The molecule has 1 aliphatic rings. The van der Waals surface area contributed by atoms with Gasteiger partial charge >= 0.3 is 17.6 Å². The molecule has 1 aliphatic carbocycles. The van der Waals surface area contributed by atoms with Crippen molar-refractivity contribution < 1.29 is 28.7 Å². The first-order valence-corrected chi connectivity index (χ1v) is 18.0. The fourth-order valence-corrected chi connectivity index (χ4v) is 6.99. The van der Waals surface area contributed by atoms with Crippen molar-refractivity contribution in [2.45, 2.75) is 116 Å². The van der Waals surface area contributed by atoms with E-state index in [0.717, 1.165) is 54.1 Å². The van der Waals surface area contributed by atoms with Crippen LogP contribution in [0.25, 0.3) is 11.1 Å². The number of halogens is 1. The largest absolute Gasteiger partial charge is 0.478 e. The van der Waals surface area contributed by atoms with Crippen LogP contribution in [0.15, 0.2) is 66.7 Å². The molecule has 264 valence electrons. The van der Waals surface area contributed by atoms with Crippen LogP contribution in [-0.4, -0.2) is 34.2 Å². The Morgan fingerprint density at radius 2 is 1.61 bits per heavy atom. The zero-order valence-electron chi connectivity index (χ0n) is 28.9. The highest BCUT2D eigenvalue weighted by atomic mass is 19.1. The van der Waals surface area contributed by atoms with Gasteiger partial charge in [-0.2, -0.15) is 0 Å². The highest BCUT2D eigenvalue weighted by Crippen LogP contribution is 2.35. The number of hydrogen-bond acceptors (Lipinski definition) is 6. The van der Waals surface area contributed by atoms with Crippen LogP contribution in [0.2, 0.25) is 0 Å². The van der Waals surface area contributed by atoms with E-state index in [-0.39, 0.29) is 12.0 Å². The third-order valence-corrected chi connectivity index (χ3v) is 9.90. The Labute approximate surface area is 289 Å². The number of hydrogen-bond donors (Lipinski definition) is 2. The lowest BCUT2D eigenvalue weighted by Crippen LogP contribution is -2.30. The second-order valence-corrected chi connectivity index (χ2v) is 13.5.